The summed E-state index contributed by atoms with van der Waals surface area (Å²) in [6, 6.07) is 8.56. The summed E-state index contributed by atoms with van der Waals surface area (Å²) in [6.45, 7) is 1.01. The smallest absolute Gasteiger partial charge is 0.0515 e. The van der Waals surface area contributed by atoms with E-state index in [1.54, 1.807) is 11.3 Å². The van der Waals surface area contributed by atoms with Crippen LogP contribution in [0.3, 0.4) is 0 Å². The molecule has 1 N–H and O–H groups in total. The fraction of sp³-hybridized carbons (Fsp3) is 0.143. The molecule has 2 aromatic heterocycles. The van der Waals surface area contributed by atoms with E-state index in [9.17, 15) is 0 Å². The quantitative estimate of drug-likeness (QED) is 0.851. The molecule has 0 amide bonds. The van der Waals surface area contributed by atoms with Crippen molar-refractivity contribution in [1.29, 1.82) is 0 Å². The first kappa shape index (κ1) is 10.8. The molecule has 0 unspecified atom stereocenters. The van der Waals surface area contributed by atoms with E-state index in [1.807, 2.05) is 11.3 Å². The molecule has 86 valence electrons. The Bertz CT molecular complexity index is 483. The van der Waals surface area contributed by atoms with Gasteiger partial charge in [0.1, 0.15) is 0 Å². The van der Waals surface area contributed by atoms with Crippen LogP contribution in [0.5, 0.6) is 0 Å². The Balaban J connectivity index is 1.90. The van der Waals surface area contributed by atoms with Gasteiger partial charge in [-0.05, 0) is 41.0 Å². The second-order valence-electron chi connectivity index (χ2n) is 3.90. The predicted octanol–water partition coefficient (Wildman–Crippen LogP) is 4.23. The van der Waals surface area contributed by atoms with Gasteiger partial charge in [-0.1, -0.05) is 18.2 Å². The van der Waals surface area contributed by atoms with E-state index in [4.69, 9.17) is 0 Å². The first-order valence-electron chi connectivity index (χ1n) is 5.66. The largest absolute Gasteiger partial charge is 0.384 e. The summed E-state index contributed by atoms with van der Waals surface area (Å²) in [5.41, 5.74) is 2.67. The molecule has 3 rings (SSSR count). The Morgan fingerprint density at radius 2 is 1.71 bits per heavy atom. The molecule has 1 aliphatic heterocycles. The Hall–Kier alpha value is -1.32. The number of hydrogen-bond acceptors (Lipinski definition) is 3. The molecule has 0 atom stereocenters. The van der Waals surface area contributed by atoms with Gasteiger partial charge in [0.2, 0.25) is 0 Å². The van der Waals surface area contributed by atoms with Gasteiger partial charge in [-0.2, -0.15) is 0 Å². The van der Waals surface area contributed by atoms with E-state index < -0.39 is 0 Å². The number of thiophene rings is 2. The number of allylic oxidation sites excluding steroid dienone is 2. The molecule has 0 fully saturated rings. The Kier molecular flexibility index (Phi) is 3.12. The maximum Gasteiger partial charge on any atom is 0.0515 e. The molecule has 0 aromatic carbocycles. The van der Waals surface area contributed by atoms with Crippen molar-refractivity contribution in [2.45, 2.75) is 6.42 Å². The summed E-state index contributed by atoms with van der Waals surface area (Å²) in [7, 11) is 0. The SMILES string of the molecule is C1=C(c2cccs2)CCNC(c2cccs2)=C1. The van der Waals surface area contributed by atoms with Crippen LogP contribution in [0.25, 0.3) is 11.3 Å². The molecule has 0 bridgehead atoms. The molecule has 0 aliphatic carbocycles. The Morgan fingerprint density at radius 3 is 2.41 bits per heavy atom. The molecule has 2 aromatic rings. The third kappa shape index (κ3) is 2.35. The summed E-state index contributed by atoms with van der Waals surface area (Å²) < 4.78 is 0. The van der Waals surface area contributed by atoms with E-state index in [2.05, 4.69) is 52.5 Å². The van der Waals surface area contributed by atoms with Crippen LogP contribution in [-0.4, -0.2) is 6.54 Å². The monoisotopic (exact) mass is 259 g/mol. The van der Waals surface area contributed by atoms with Crippen molar-refractivity contribution in [3.8, 4) is 0 Å². The topological polar surface area (TPSA) is 12.0 Å². The fourth-order valence-electron chi connectivity index (χ4n) is 1.93. The van der Waals surface area contributed by atoms with E-state index in [1.165, 1.54) is 21.0 Å². The predicted molar refractivity (Wildman–Crippen MR) is 77.2 cm³/mol. The van der Waals surface area contributed by atoms with Gasteiger partial charge < -0.3 is 5.32 Å². The summed E-state index contributed by atoms with van der Waals surface area (Å²) in [5.74, 6) is 0. The van der Waals surface area contributed by atoms with Crippen molar-refractivity contribution >= 4 is 33.9 Å². The zero-order chi connectivity index (χ0) is 11.5. The summed E-state index contributed by atoms with van der Waals surface area (Å²) >= 11 is 3.59. The van der Waals surface area contributed by atoms with Gasteiger partial charge in [-0.15, -0.1) is 22.7 Å². The molecule has 0 spiro atoms. The minimum Gasteiger partial charge on any atom is -0.384 e. The number of hydrogen-bond donors (Lipinski definition) is 1. The van der Waals surface area contributed by atoms with Gasteiger partial charge >= 0.3 is 0 Å². The lowest BCUT2D eigenvalue weighted by Gasteiger charge is -2.06. The maximum absolute atomic E-state index is 3.50. The minimum atomic E-state index is 1.01. The van der Waals surface area contributed by atoms with Gasteiger partial charge in [0.25, 0.3) is 0 Å². The highest BCUT2D eigenvalue weighted by Crippen LogP contribution is 2.27. The highest BCUT2D eigenvalue weighted by molar-refractivity contribution is 7.11. The lowest BCUT2D eigenvalue weighted by molar-refractivity contribution is 0.888. The highest BCUT2D eigenvalue weighted by atomic mass is 32.1. The first-order chi connectivity index (χ1) is 8.43. The molecular weight excluding hydrogens is 246 g/mol. The lowest BCUT2D eigenvalue weighted by Crippen LogP contribution is -2.11. The third-order valence-electron chi connectivity index (χ3n) is 2.79. The normalized spacial score (nSPS) is 15.8. The van der Waals surface area contributed by atoms with Gasteiger partial charge in [0, 0.05) is 11.4 Å². The number of rotatable bonds is 2. The Morgan fingerprint density at radius 1 is 0.941 bits per heavy atom. The molecule has 3 heteroatoms. The average Bonchev–Trinajstić information content (AvgIpc) is 2.99. The van der Waals surface area contributed by atoms with Crippen LogP contribution < -0.4 is 5.32 Å². The standard InChI is InChI=1S/C14H13NS2/c1-3-13(16-9-1)11-5-6-12(15-8-7-11)14-4-2-10-17-14/h1-6,9-10,15H,7-8H2. The second-order valence-corrected chi connectivity index (χ2v) is 5.80. The number of nitrogens with one attached hydrogen (secondary N) is 1. The molecule has 3 heterocycles. The zero-order valence-corrected chi connectivity index (χ0v) is 11.0. The lowest BCUT2D eigenvalue weighted by atomic mass is 10.1. The highest BCUT2D eigenvalue weighted by Gasteiger charge is 2.08. The molecular formula is C14H13NS2. The van der Waals surface area contributed by atoms with Crippen molar-refractivity contribution in [2.24, 2.45) is 0 Å². The van der Waals surface area contributed by atoms with Gasteiger partial charge in [-0.25, -0.2) is 0 Å². The van der Waals surface area contributed by atoms with E-state index in [-0.39, 0.29) is 0 Å². The summed E-state index contributed by atoms with van der Waals surface area (Å²) in [4.78, 5) is 2.70. The summed E-state index contributed by atoms with van der Waals surface area (Å²) in [6.07, 6.45) is 5.54. The minimum absolute atomic E-state index is 1.01. The second kappa shape index (κ2) is 4.90. The van der Waals surface area contributed by atoms with Gasteiger partial charge in [0.05, 0.1) is 10.6 Å². The molecule has 1 nitrogen and oxygen atoms in total. The molecule has 17 heavy (non-hydrogen) atoms. The molecule has 1 aliphatic rings. The van der Waals surface area contributed by atoms with Crippen molar-refractivity contribution in [3.63, 3.8) is 0 Å². The van der Waals surface area contributed by atoms with Crippen LogP contribution in [0.1, 0.15) is 16.2 Å². The Labute approximate surface area is 109 Å². The maximum atomic E-state index is 3.50. The summed E-state index contributed by atoms with van der Waals surface area (Å²) in [5, 5.41) is 7.75. The molecule has 0 radical (unpaired) electrons. The first-order valence-corrected chi connectivity index (χ1v) is 7.42. The van der Waals surface area contributed by atoms with E-state index in [0.29, 0.717) is 0 Å². The van der Waals surface area contributed by atoms with Crippen LogP contribution in [-0.2, 0) is 0 Å². The van der Waals surface area contributed by atoms with Gasteiger partial charge in [-0.3, -0.25) is 0 Å². The van der Waals surface area contributed by atoms with Crippen molar-refractivity contribution in [1.82, 2.24) is 5.32 Å². The van der Waals surface area contributed by atoms with Crippen LogP contribution in [0.4, 0.5) is 0 Å². The molecule has 0 saturated heterocycles. The average molecular weight is 259 g/mol. The zero-order valence-electron chi connectivity index (χ0n) is 9.35. The van der Waals surface area contributed by atoms with Crippen LogP contribution >= 0.6 is 22.7 Å². The van der Waals surface area contributed by atoms with Crippen molar-refractivity contribution < 1.29 is 0 Å². The van der Waals surface area contributed by atoms with Gasteiger partial charge in [0.15, 0.2) is 0 Å². The van der Waals surface area contributed by atoms with Crippen molar-refractivity contribution in [3.05, 3.63) is 56.9 Å². The molecule has 0 saturated carbocycles. The van der Waals surface area contributed by atoms with Crippen LogP contribution in [0.15, 0.2) is 47.2 Å². The van der Waals surface area contributed by atoms with E-state index in [0.717, 1.165) is 13.0 Å². The van der Waals surface area contributed by atoms with Crippen LogP contribution in [0, 0.1) is 0 Å². The van der Waals surface area contributed by atoms with Crippen molar-refractivity contribution in [2.75, 3.05) is 6.54 Å². The van der Waals surface area contributed by atoms with E-state index >= 15 is 0 Å². The third-order valence-corrected chi connectivity index (χ3v) is 4.63. The van der Waals surface area contributed by atoms with Crippen LogP contribution in [0.2, 0.25) is 0 Å². The fourth-order valence-corrected chi connectivity index (χ4v) is 3.44.